The molecule has 2 rings (SSSR count). The second kappa shape index (κ2) is 5.11. The lowest BCUT2D eigenvalue weighted by molar-refractivity contribution is -0.0499. The molecule has 2 amide bonds. The lowest BCUT2D eigenvalue weighted by Crippen LogP contribution is -2.36. The van der Waals surface area contributed by atoms with Crippen LogP contribution in [0.25, 0.3) is 0 Å². The molecule has 0 saturated heterocycles. The van der Waals surface area contributed by atoms with Crippen LogP contribution in [0, 0.1) is 0 Å². The number of carbonyl (C=O) groups is 2. The van der Waals surface area contributed by atoms with Crippen molar-refractivity contribution in [1.82, 2.24) is 20.2 Å². The predicted octanol–water partition coefficient (Wildman–Crippen LogP) is 0.463. The van der Waals surface area contributed by atoms with Crippen LogP contribution in [0.15, 0.2) is 12.7 Å². The smallest absolute Gasteiger partial charge is 0.407 e. The number of nitrogens with one attached hydrogen (secondary N) is 1. The Morgan fingerprint density at radius 2 is 2.32 bits per heavy atom. The van der Waals surface area contributed by atoms with Crippen LogP contribution in [0.1, 0.15) is 21.7 Å². The van der Waals surface area contributed by atoms with Gasteiger partial charge in [0.15, 0.2) is 0 Å². The molecule has 1 aliphatic rings. The molecule has 0 bridgehead atoms. The molecule has 0 unspecified atom stereocenters. The van der Waals surface area contributed by atoms with Gasteiger partial charge in [-0.25, -0.2) is 9.86 Å². The van der Waals surface area contributed by atoms with Crippen LogP contribution in [0.4, 0.5) is 4.79 Å². The molecule has 0 aromatic carbocycles. The maximum atomic E-state index is 11.9. The third-order valence-electron chi connectivity index (χ3n) is 2.94. The molecule has 102 valence electrons. The molecular formula is C11H14N4O4. The fourth-order valence-electron chi connectivity index (χ4n) is 1.96. The molecule has 1 aliphatic heterocycles. The van der Waals surface area contributed by atoms with E-state index in [1.54, 1.807) is 0 Å². The number of fused-ring (bicyclic) bond motifs is 1. The summed E-state index contributed by atoms with van der Waals surface area (Å²) >= 11 is 0. The SMILES string of the molecule is C=CCN(O)C(=O)c1[nH]nc2c1CN(C(=O)O)CC2. The number of hydrogen-bond donors (Lipinski definition) is 3. The summed E-state index contributed by atoms with van der Waals surface area (Å²) in [5.41, 5.74) is 1.29. The Bertz CT molecular complexity index is 525. The number of H-pyrrole nitrogens is 1. The van der Waals surface area contributed by atoms with Gasteiger partial charge in [-0.15, -0.1) is 6.58 Å². The van der Waals surface area contributed by atoms with Gasteiger partial charge in [-0.05, 0) is 0 Å². The minimum absolute atomic E-state index is 0.0186. The van der Waals surface area contributed by atoms with Crippen molar-refractivity contribution in [2.24, 2.45) is 0 Å². The Kier molecular flexibility index (Phi) is 3.52. The van der Waals surface area contributed by atoms with Gasteiger partial charge in [-0.1, -0.05) is 6.08 Å². The predicted molar refractivity (Wildman–Crippen MR) is 63.7 cm³/mol. The summed E-state index contributed by atoms with van der Waals surface area (Å²) in [6.45, 7) is 3.83. The number of hydrogen-bond acceptors (Lipinski definition) is 4. The Hall–Kier alpha value is -2.35. The number of aromatic nitrogens is 2. The summed E-state index contributed by atoms with van der Waals surface area (Å²) in [4.78, 5) is 24.1. The Labute approximate surface area is 108 Å². The number of aromatic amines is 1. The maximum absolute atomic E-state index is 11.9. The summed E-state index contributed by atoms with van der Waals surface area (Å²) in [5.74, 6) is -0.652. The zero-order valence-corrected chi connectivity index (χ0v) is 10.2. The quantitative estimate of drug-likeness (QED) is 0.418. The van der Waals surface area contributed by atoms with Gasteiger partial charge >= 0.3 is 6.09 Å². The molecule has 19 heavy (non-hydrogen) atoms. The molecule has 0 spiro atoms. The van der Waals surface area contributed by atoms with E-state index in [1.165, 1.54) is 11.0 Å². The molecule has 8 heteroatoms. The first kappa shape index (κ1) is 13.1. The van der Waals surface area contributed by atoms with E-state index in [0.717, 1.165) is 0 Å². The normalized spacial score (nSPS) is 13.8. The third kappa shape index (κ3) is 2.43. The first-order valence-corrected chi connectivity index (χ1v) is 5.70. The summed E-state index contributed by atoms with van der Waals surface area (Å²) in [5, 5.41) is 25.5. The standard InChI is InChI=1S/C11H14N4O4/c1-2-4-15(19)10(16)9-7-6-14(11(17)18)5-3-8(7)12-13-9/h2,19H,1,3-6H2,(H,12,13)(H,17,18). The fraction of sp³-hybridized carbons (Fsp3) is 0.364. The first-order chi connectivity index (χ1) is 9.04. The van der Waals surface area contributed by atoms with Crippen LogP contribution in [-0.2, 0) is 13.0 Å². The van der Waals surface area contributed by atoms with Crippen LogP contribution in [0.3, 0.4) is 0 Å². The van der Waals surface area contributed by atoms with E-state index >= 15 is 0 Å². The Morgan fingerprint density at radius 3 is 2.95 bits per heavy atom. The molecule has 0 fully saturated rings. The van der Waals surface area contributed by atoms with E-state index in [9.17, 15) is 14.8 Å². The summed E-state index contributed by atoms with van der Waals surface area (Å²) < 4.78 is 0. The third-order valence-corrected chi connectivity index (χ3v) is 2.94. The number of carbonyl (C=O) groups excluding carboxylic acids is 1. The zero-order valence-electron chi connectivity index (χ0n) is 10.2. The van der Waals surface area contributed by atoms with Gasteiger partial charge in [0.25, 0.3) is 5.91 Å². The summed E-state index contributed by atoms with van der Waals surface area (Å²) in [6.07, 6.45) is 0.778. The zero-order chi connectivity index (χ0) is 14.0. The molecular weight excluding hydrogens is 252 g/mol. The molecule has 0 aliphatic carbocycles. The van der Waals surface area contributed by atoms with E-state index in [2.05, 4.69) is 16.8 Å². The van der Waals surface area contributed by atoms with Crippen molar-refractivity contribution in [3.05, 3.63) is 29.6 Å². The lowest BCUT2D eigenvalue weighted by Gasteiger charge is -2.24. The minimum atomic E-state index is -1.04. The molecule has 0 radical (unpaired) electrons. The van der Waals surface area contributed by atoms with Crippen molar-refractivity contribution in [2.45, 2.75) is 13.0 Å². The summed E-state index contributed by atoms with van der Waals surface area (Å²) in [7, 11) is 0. The fourth-order valence-corrected chi connectivity index (χ4v) is 1.96. The van der Waals surface area contributed by atoms with Crippen LogP contribution < -0.4 is 0 Å². The van der Waals surface area contributed by atoms with Crippen LogP contribution in [-0.4, -0.2) is 55.6 Å². The number of carboxylic acid groups (broad SMARTS) is 1. The lowest BCUT2D eigenvalue weighted by atomic mass is 10.1. The monoisotopic (exact) mass is 266 g/mol. The van der Waals surface area contributed by atoms with Crippen molar-refractivity contribution < 1.29 is 19.9 Å². The minimum Gasteiger partial charge on any atom is -0.465 e. The van der Waals surface area contributed by atoms with Gasteiger partial charge in [0.2, 0.25) is 0 Å². The van der Waals surface area contributed by atoms with E-state index in [1.807, 2.05) is 0 Å². The maximum Gasteiger partial charge on any atom is 0.407 e. The van der Waals surface area contributed by atoms with E-state index in [0.29, 0.717) is 29.3 Å². The average Bonchev–Trinajstić information content (AvgIpc) is 2.80. The number of amides is 2. The highest BCUT2D eigenvalue weighted by molar-refractivity contribution is 5.93. The van der Waals surface area contributed by atoms with Crippen molar-refractivity contribution >= 4 is 12.0 Å². The number of hydroxylamine groups is 2. The van der Waals surface area contributed by atoms with Crippen molar-refractivity contribution in [3.8, 4) is 0 Å². The Morgan fingerprint density at radius 1 is 1.58 bits per heavy atom. The molecule has 3 N–H and O–H groups in total. The topological polar surface area (TPSA) is 110 Å². The van der Waals surface area contributed by atoms with Crippen molar-refractivity contribution in [2.75, 3.05) is 13.1 Å². The summed E-state index contributed by atoms with van der Waals surface area (Å²) in [6, 6.07) is 0. The number of rotatable bonds is 3. The van der Waals surface area contributed by atoms with Crippen molar-refractivity contribution in [3.63, 3.8) is 0 Å². The van der Waals surface area contributed by atoms with E-state index in [-0.39, 0.29) is 18.8 Å². The second-order valence-electron chi connectivity index (χ2n) is 4.15. The van der Waals surface area contributed by atoms with Gasteiger partial charge in [-0.3, -0.25) is 15.1 Å². The van der Waals surface area contributed by atoms with Gasteiger partial charge in [0.05, 0.1) is 18.8 Å². The molecule has 0 saturated carbocycles. The van der Waals surface area contributed by atoms with Gasteiger partial charge in [-0.2, -0.15) is 5.10 Å². The number of nitrogens with zero attached hydrogens (tertiary/aromatic N) is 3. The first-order valence-electron chi connectivity index (χ1n) is 5.70. The molecule has 0 atom stereocenters. The highest BCUT2D eigenvalue weighted by Crippen LogP contribution is 2.21. The van der Waals surface area contributed by atoms with Gasteiger partial charge in [0, 0.05) is 18.5 Å². The Balaban J connectivity index is 2.25. The molecule has 2 heterocycles. The highest BCUT2D eigenvalue weighted by atomic mass is 16.5. The van der Waals surface area contributed by atoms with Gasteiger partial charge < -0.3 is 10.0 Å². The van der Waals surface area contributed by atoms with Crippen LogP contribution >= 0.6 is 0 Å². The largest absolute Gasteiger partial charge is 0.465 e. The van der Waals surface area contributed by atoms with E-state index < -0.39 is 12.0 Å². The van der Waals surface area contributed by atoms with Gasteiger partial charge in [0.1, 0.15) is 5.69 Å². The molecule has 8 nitrogen and oxygen atoms in total. The van der Waals surface area contributed by atoms with Crippen LogP contribution in [0.2, 0.25) is 0 Å². The average molecular weight is 266 g/mol. The molecule has 1 aromatic rings. The van der Waals surface area contributed by atoms with Crippen LogP contribution in [0.5, 0.6) is 0 Å². The second-order valence-corrected chi connectivity index (χ2v) is 4.15. The van der Waals surface area contributed by atoms with E-state index in [4.69, 9.17) is 5.11 Å². The highest BCUT2D eigenvalue weighted by Gasteiger charge is 2.28. The molecule has 1 aromatic heterocycles. The van der Waals surface area contributed by atoms with Crippen molar-refractivity contribution in [1.29, 1.82) is 0 Å².